The molecular weight excluding hydrogens is 420 g/mol. The molecule has 33 heavy (non-hydrogen) atoms. The largest absolute Gasteiger partial charge is 0.462 e. The number of hydrogen-bond donors (Lipinski definition) is 2. The number of aromatic amines is 1. The second-order valence-electron chi connectivity index (χ2n) is 8.64. The summed E-state index contributed by atoms with van der Waals surface area (Å²) < 4.78 is 5.11. The molecule has 1 amide bonds. The Morgan fingerprint density at radius 1 is 0.970 bits per heavy atom. The van der Waals surface area contributed by atoms with Crippen LogP contribution >= 0.6 is 0 Å². The van der Waals surface area contributed by atoms with E-state index in [1.54, 1.807) is 20.8 Å². The van der Waals surface area contributed by atoms with E-state index in [0.717, 1.165) is 16.8 Å². The Balaban J connectivity index is 1.51. The van der Waals surface area contributed by atoms with Crippen LogP contribution < -0.4 is 5.32 Å². The van der Waals surface area contributed by atoms with Crippen molar-refractivity contribution in [3.63, 3.8) is 0 Å². The Morgan fingerprint density at radius 2 is 1.55 bits per heavy atom. The number of amides is 1. The average molecular weight is 455 g/mol. The fourth-order valence-electron chi connectivity index (χ4n) is 4.32. The molecule has 1 aromatic heterocycles. The van der Waals surface area contributed by atoms with Crippen molar-refractivity contribution in [1.29, 1.82) is 0 Å². The van der Waals surface area contributed by atoms with Crippen LogP contribution in [-0.4, -0.2) is 78.3 Å². The zero-order valence-electron chi connectivity index (χ0n) is 20.2. The molecule has 1 aliphatic rings. The SMILES string of the molecule is CCOC(=O)c1c(C)[nH]c(C(=O)CN2CCN(CC(=O)Nc3c(C)cccc3C)CC2)c1C. The van der Waals surface area contributed by atoms with Gasteiger partial charge in [0.25, 0.3) is 0 Å². The highest BCUT2D eigenvalue weighted by Crippen LogP contribution is 2.21. The minimum absolute atomic E-state index is 0.0269. The van der Waals surface area contributed by atoms with Crippen molar-refractivity contribution in [3.8, 4) is 0 Å². The van der Waals surface area contributed by atoms with Crippen LogP contribution in [0.25, 0.3) is 0 Å². The van der Waals surface area contributed by atoms with Crippen LogP contribution in [0.4, 0.5) is 5.69 Å². The van der Waals surface area contributed by atoms with E-state index >= 15 is 0 Å². The predicted molar refractivity (Wildman–Crippen MR) is 128 cm³/mol. The van der Waals surface area contributed by atoms with Crippen LogP contribution in [0.1, 0.15) is 50.2 Å². The second-order valence-corrected chi connectivity index (χ2v) is 8.64. The van der Waals surface area contributed by atoms with Crippen molar-refractivity contribution < 1.29 is 19.1 Å². The minimum Gasteiger partial charge on any atom is -0.462 e. The third-order valence-electron chi connectivity index (χ3n) is 6.14. The number of aromatic nitrogens is 1. The summed E-state index contributed by atoms with van der Waals surface area (Å²) in [7, 11) is 0. The first kappa shape index (κ1) is 24.7. The van der Waals surface area contributed by atoms with Crippen LogP contribution in [-0.2, 0) is 9.53 Å². The number of ether oxygens (including phenoxy) is 1. The number of piperazine rings is 1. The van der Waals surface area contributed by atoms with E-state index in [9.17, 15) is 14.4 Å². The van der Waals surface area contributed by atoms with Gasteiger partial charge in [0.1, 0.15) is 0 Å². The average Bonchev–Trinajstić information content (AvgIpc) is 3.06. The summed E-state index contributed by atoms with van der Waals surface area (Å²) >= 11 is 0. The van der Waals surface area contributed by atoms with Crippen molar-refractivity contribution in [1.82, 2.24) is 14.8 Å². The quantitative estimate of drug-likeness (QED) is 0.471. The van der Waals surface area contributed by atoms with Gasteiger partial charge in [-0.25, -0.2) is 4.79 Å². The maximum Gasteiger partial charge on any atom is 0.340 e. The van der Waals surface area contributed by atoms with E-state index in [1.807, 2.05) is 32.0 Å². The van der Waals surface area contributed by atoms with Crippen LogP contribution in [0.15, 0.2) is 18.2 Å². The summed E-state index contributed by atoms with van der Waals surface area (Å²) in [6, 6.07) is 5.96. The van der Waals surface area contributed by atoms with Gasteiger partial charge in [-0.1, -0.05) is 18.2 Å². The van der Waals surface area contributed by atoms with Crippen LogP contribution in [0, 0.1) is 27.7 Å². The first-order valence-electron chi connectivity index (χ1n) is 11.4. The van der Waals surface area contributed by atoms with Crippen LogP contribution in [0.3, 0.4) is 0 Å². The summed E-state index contributed by atoms with van der Waals surface area (Å²) in [6.45, 7) is 13.0. The van der Waals surface area contributed by atoms with E-state index in [4.69, 9.17) is 4.74 Å². The number of anilines is 1. The molecule has 1 aromatic carbocycles. The molecule has 2 aromatic rings. The standard InChI is InChI=1S/C25H34N4O4/c1-6-33-25(32)22-18(4)24(26-19(22)5)20(30)14-28-10-12-29(13-11-28)15-21(31)27-23-16(2)8-7-9-17(23)3/h7-9,26H,6,10-15H2,1-5H3,(H,27,31). The minimum atomic E-state index is -0.407. The first-order chi connectivity index (χ1) is 15.7. The number of para-hydroxylation sites is 1. The van der Waals surface area contributed by atoms with Crippen LogP contribution in [0.5, 0.6) is 0 Å². The van der Waals surface area contributed by atoms with E-state index in [1.165, 1.54) is 0 Å². The number of aryl methyl sites for hydroxylation is 3. The third kappa shape index (κ3) is 5.89. The van der Waals surface area contributed by atoms with Gasteiger partial charge in [-0.05, 0) is 51.3 Å². The number of benzene rings is 1. The predicted octanol–water partition coefficient (Wildman–Crippen LogP) is 2.86. The summed E-state index contributed by atoms with van der Waals surface area (Å²) in [5.41, 5.74) is 5.17. The lowest BCUT2D eigenvalue weighted by Crippen LogP contribution is -2.49. The Morgan fingerprint density at radius 3 is 2.12 bits per heavy atom. The van der Waals surface area contributed by atoms with E-state index in [2.05, 4.69) is 20.1 Å². The highest BCUT2D eigenvalue weighted by molar-refractivity contribution is 6.02. The third-order valence-corrected chi connectivity index (χ3v) is 6.14. The summed E-state index contributed by atoms with van der Waals surface area (Å²) in [5.74, 6) is -0.483. The van der Waals surface area contributed by atoms with Gasteiger partial charge in [-0.15, -0.1) is 0 Å². The topological polar surface area (TPSA) is 94.7 Å². The van der Waals surface area contributed by atoms with E-state index < -0.39 is 5.97 Å². The number of hydrogen-bond acceptors (Lipinski definition) is 6. The lowest BCUT2D eigenvalue weighted by atomic mass is 10.1. The van der Waals surface area contributed by atoms with Gasteiger partial charge in [0, 0.05) is 37.6 Å². The molecule has 1 saturated heterocycles. The number of esters is 1. The molecular formula is C25H34N4O4. The molecule has 2 N–H and O–H groups in total. The maximum absolute atomic E-state index is 12.9. The maximum atomic E-state index is 12.9. The van der Waals surface area contributed by atoms with Crippen molar-refractivity contribution >= 4 is 23.3 Å². The molecule has 0 atom stereocenters. The molecule has 178 valence electrons. The van der Waals surface area contributed by atoms with Gasteiger partial charge in [0.05, 0.1) is 31.0 Å². The number of H-pyrrole nitrogens is 1. The molecule has 3 rings (SSSR count). The fourth-order valence-corrected chi connectivity index (χ4v) is 4.32. The summed E-state index contributed by atoms with van der Waals surface area (Å²) in [4.78, 5) is 44.9. The van der Waals surface area contributed by atoms with Crippen molar-refractivity contribution in [2.24, 2.45) is 0 Å². The smallest absolute Gasteiger partial charge is 0.340 e. The Hall–Kier alpha value is -2.97. The number of nitrogens with one attached hydrogen (secondary N) is 2. The molecule has 0 spiro atoms. The summed E-state index contributed by atoms with van der Waals surface area (Å²) in [5, 5.41) is 3.03. The molecule has 0 bridgehead atoms. The monoisotopic (exact) mass is 454 g/mol. The van der Waals surface area contributed by atoms with Crippen molar-refractivity contribution in [2.75, 3.05) is 51.2 Å². The molecule has 1 aliphatic heterocycles. The lowest BCUT2D eigenvalue weighted by Gasteiger charge is -2.33. The molecule has 0 radical (unpaired) electrons. The zero-order chi connectivity index (χ0) is 24.1. The highest BCUT2D eigenvalue weighted by Gasteiger charge is 2.26. The lowest BCUT2D eigenvalue weighted by molar-refractivity contribution is -0.117. The summed E-state index contributed by atoms with van der Waals surface area (Å²) in [6.07, 6.45) is 0. The molecule has 0 aliphatic carbocycles. The van der Waals surface area contributed by atoms with Crippen molar-refractivity contribution in [3.05, 3.63) is 51.8 Å². The Bertz CT molecular complexity index is 1020. The zero-order valence-corrected chi connectivity index (χ0v) is 20.2. The molecule has 8 heteroatoms. The van der Waals surface area contributed by atoms with Gasteiger partial charge in [0.15, 0.2) is 5.78 Å². The van der Waals surface area contributed by atoms with E-state index in [-0.39, 0.29) is 18.2 Å². The number of rotatable bonds is 8. The Labute approximate surface area is 195 Å². The molecule has 0 saturated carbocycles. The number of ketones is 1. The second kappa shape index (κ2) is 10.8. The number of carbonyl (C=O) groups is 3. The first-order valence-corrected chi connectivity index (χ1v) is 11.4. The van der Waals surface area contributed by atoms with Crippen LogP contribution in [0.2, 0.25) is 0 Å². The molecule has 8 nitrogen and oxygen atoms in total. The number of Topliss-reactive ketones (excluding diaryl/α,β-unsaturated/α-hetero) is 1. The van der Waals surface area contributed by atoms with E-state index in [0.29, 0.717) is 61.8 Å². The van der Waals surface area contributed by atoms with Gasteiger partial charge in [-0.2, -0.15) is 0 Å². The molecule has 0 unspecified atom stereocenters. The van der Waals surface area contributed by atoms with Gasteiger partial charge < -0.3 is 15.0 Å². The molecule has 1 fully saturated rings. The van der Waals surface area contributed by atoms with Gasteiger partial charge in [-0.3, -0.25) is 19.4 Å². The molecule has 2 heterocycles. The fraction of sp³-hybridized carbons (Fsp3) is 0.480. The number of nitrogens with zero attached hydrogens (tertiary/aromatic N) is 2. The highest BCUT2D eigenvalue weighted by atomic mass is 16.5. The normalized spacial score (nSPS) is 14.8. The number of carbonyl (C=O) groups excluding carboxylic acids is 3. The van der Waals surface area contributed by atoms with Gasteiger partial charge in [0.2, 0.25) is 5.91 Å². The van der Waals surface area contributed by atoms with Crippen molar-refractivity contribution in [2.45, 2.75) is 34.6 Å². The van der Waals surface area contributed by atoms with Gasteiger partial charge >= 0.3 is 5.97 Å². The Kier molecular flexibility index (Phi) is 8.05.